The van der Waals surface area contributed by atoms with Gasteiger partial charge in [0.1, 0.15) is 0 Å². The second-order valence-corrected chi connectivity index (χ2v) is 3.48. The van der Waals surface area contributed by atoms with Crippen molar-refractivity contribution in [1.29, 1.82) is 0 Å². The summed E-state index contributed by atoms with van der Waals surface area (Å²) in [6.07, 6.45) is 2.99. The van der Waals surface area contributed by atoms with E-state index >= 15 is 0 Å². The van der Waals surface area contributed by atoms with Gasteiger partial charge in [0.05, 0.1) is 11.7 Å². The van der Waals surface area contributed by atoms with Crippen molar-refractivity contribution in [2.24, 2.45) is 0 Å². The first-order chi connectivity index (χ1) is 6.24. The molecule has 70 valence electrons. The Kier molecular flexibility index (Phi) is 1.83. The van der Waals surface area contributed by atoms with Gasteiger partial charge >= 0.3 is 0 Å². The average Bonchev–Trinajstić information content (AvgIpc) is 2.54. The van der Waals surface area contributed by atoms with Crippen LogP contribution in [0, 0.1) is 13.8 Å². The number of aryl methyl sites for hydroxylation is 2. The Labute approximate surface area is 79.5 Å². The molecule has 1 heterocycles. The Bertz CT molecular complexity index is 446. The smallest absolute Gasteiger partial charge is 0.0655 e. The van der Waals surface area contributed by atoms with Crippen LogP contribution in [0.25, 0.3) is 10.9 Å². The Balaban J connectivity index is 0.000000980. The summed E-state index contributed by atoms with van der Waals surface area (Å²) >= 11 is 0. The molecule has 13 heavy (non-hydrogen) atoms. The number of aromatic amines is 1. The zero-order chi connectivity index (χ0) is 9.42. The minimum absolute atomic E-state index is 0. The lowest BCUT2D eigenvalue weighted by atomic mass is 9.98. The fraction of sp³-hybridized carbons (Fsp3) is 0.364. The first-order valence-corrected chi connectivity index (χ1v) is 4.66. The van der Waals surface area contributed by atoms with Gasteiger partial charge in [-0.15, -0.1) is 0 Å². The molecule has 0 fully saturated rings. The summed E-state index contributed by atoms with van der Waals surface area (Å²) in [4.78, 5) is 0. The van der Waals surface area contributed by atoms with Gasteiger partial charge in [-0.25, -0.2) is 0 Å². The number of fused-ring (bicyclic) bond motifs is 1. The fourth-order valence-electron chi connectivity index (χ4n) is 1.87. The summed E-state index contributed by atoms with van der Waals surface area (Å²) in [6.45, 7) is 6.52. The van der Waals surface area contributed by atoms with Crippen molar-refractivity contribution in [1.82, 2.24) is 10.2 Å². The second kappa shape index (κ2) is 2.87. The van der Waals surface area contributed by atoms with Crippen LogP contribution in [0.1, 0.15) is 25.0 Å². The molecule has 2 nitrogen and oxygen atoms in total. The van der Waals surface area contributed by atoms with E-state index in [1.54, 1.807) is 0 Å². The van der Waals surface area contributed by atoms with E-state index in [4.69, 9.17) is 0 Å². The molecule has 2 aromatic rings. The Morgan fingerprint density at radius 3 is 2.92 bits per heavy atom. The summed E-state index contributed by atoms with van der Waals surface area (Å²) in [5, 5.41) is 8.35. The molecule has 2 rings (SSSR count). The molecule has 0 atom stereocenters. The van der Waals surface area contributed by atoms with Crippen LogP contribution in [0.4, 0.5) is 0 Å². The quantitative estimate of drug-likeness (QED) is 0.711. The van der Waals surface area contributed by atoms with Crippen LogP contribution in [-0.4, -0.2) is 10.2 Å². The van der Waals surface area contributed by atoms with Crippen molar-refractivity contribution in [2.45, 2.75) is 27.2 Å². The highest BCUT2D eigenvalue weighted by Crippen LogP contribution is 2.23. The van der Waals surface area contributed by atoms with Gasteiger partial charge in [-0.3, -0.25) is 5.10 Å². The number of rotatable bonds is 1. The largest absolute Gasteiger partial charge is 0.278 e. The predicted octanol–water partition coefficient (Wildman–Crippen LogP) is 2.99. The standard InChI is InChI=1S/C11H14N2.H2/c1-4-9-8(3)7(2)5-11-10(9)6-12-13-11;/h5-6H,4H2,1-3H3,(H,12,13);1H. The summed E-state index contributed by atoms with van der Waals surface area (Å²) < 4.78 is 0. The number of aromatic nitrogens is 2. The van der Waals surface area contributed by atoms with Crippen molar-refractivity contribution < 1.29 is 1.43 Å². The van der Waals surface area contributed by atoms with E-state index in [9.17, 15) is 0 Å². The van der Waals surface area contributed by atoms with Gasteiger partial charge in [0.25, 0.3) is 0 Å². The van der Waals surface area contributed by atoms with Gasteiger partial charge < -0.3 is 0 Å². The van der Waals surface area contributed by atoms with Crippen molar-refractivity contribution in [2.75, 3.05) is 0 Å². The van der Waals surface area contributed by atoms with Crippen molar-refractivity contribution in [3.8, 4) is 0 Å². The number of hydrogen-bond acceptors (Lipinski definition) is 1. The first kappa shape index (κ1) is 8.30. The molecule has 1 aromatic carbocycles. The second-order valence-electron chi connectivity index (χ2n) is 3.48. The lowest BCUT2D eigenvalue weighted by Crippen LogP contribution is -1.91. The number of nitrogens with one attached hydrogen (secondary N) is 1. The summed E-state index contributed by atoms with van der Waals surface area (Å²) in [5.74, 6) is 0. The van der Waals surface area contributed by atoms with E-state index in [0.717, 1.165) is 11.9 Å². The van der Waals surface area contributed by atoms with Crippen LogP contribution < -0.4 is 0 Å². The zero-order valence-electron chi connectivity index (χ0n) is 8.31. The monoisotopic (exact) mass is 176 g/mol. The maximum Gasteiger partial charge on any atom is 0.0655 e. The van der Waals surface area contributed by atoms with E-state index in [0.29, 0.717) is 0 Å². The van der Waals surface area contributed by atoms with E-state index < -0.39 is 0 Å². The maximum absolute atomic E-state index is 4.07. The molecule has 0 unspecified atom stereocenters. The van der Waals surface area contributed by atoms with Crippen molar-refractivity contribution in [3.05, 3.63) is 29.0 Å². The Morgan fingerprint density at radius 2 is 2.23 bits per heavy atom. The summed E-state index contributed by atoms with van der Waals surface area (Å²) in [6, 6.07) is 2.16. The molecule has 1 aromatic heterocycles. The van der Waals surface area contributed by atoms with E-state index in [-0.39, 0.29) is 1.43 Å². The average molecular weight is 176 g/mol. The summed E-state index contributed by atoms with van der Waals surface area (Å²) in [5.41, 5.74) is 5.31. The molecule has 0 saturated heterocycles. The molecule has 0 spiro atoms. The van der Waals surface area contributed by atoms with Crippen molar-refractivity contribution in [3.63, 3.8) is 0 Å². The lowest BCUT2D eigenvalue weighted by molar-refractivity contribution is 1.11. The van der Waals surface area contributed by atoms with Gasteiger partial charge in [-0.05, 0) is 43.0 Å². The van der Waals surface area contributed by atoms with E-state index in [1.165, 1.54) is 22.1 Å². The van der Waals surface area contributed by atoms with Crippen LogP contribution in [-0.2, 0) is 6.42 Å². The van der Waals surface area contributed by atoms with Gasteiger partial charge in [-0.2, -0.15) is 5.10 Å². The molecule has 0 aliphatic carbocycles. The molecule has 0 saturated carbocycles. The number of nitrogens with zero attached hydrogens (tertiary/aromatic N) is 1. The highest BCUT2D eigenvalue weighted by molar-refractivity contribution is 5.83. The lowest BCUT2D eigenvalue weighted by Gasteiger charge is -2.07. The normalized spacial score (nSPS) is 11.0. The SMILES string of the molecule is CCc1c(C)c(C)cc2[nH]ncc12.[HH]. The molecule has 0 aliphatic heterocycles. The molecule has 1 N–H and O–H groups in total. The highest BCUT2D eigenvalue weighted by atomic mass is 15.1. The summed E-state index contributed by atoms with van der Waals surface area (Å²) in [7, 11) is 0. The topological polar surface area (TPSA) is 28.7 Å². The minimum atomic E-state index is 0. The maximum atomic E-state index is 4.07. The fourth-order valence-corrected chi connectivity index (χ4v) is 1.87. The van der Waals surface area contributed by atoms with Crippen molar-refractivity contribution >= 4 is 10.9 Å². The first-order valence-electron chi connectivity index (χ1n) is 4.66. The number of H-pyrrole nitrogens is 1. The Hall–Kier alpha value is -1.31. The molecule has 0 bridgehead atoms. The predicted molar refractivity (Wildman–Crippen MR) is 57.1 cm³/mol. The molecule has 0 aliphatic rings. The molecular formula is C11H16N2. The molecular weight excluding hydrogens is 160 g/mol. The third kappa shape index (κ3) is 1.13. The van der Waals surface area contributed by atoms with Gasteiger partial charge in [0.15, 0.2) is 0 Å². The van der Waals surface area contributed by atoms with Gasteiger partial charge in [0, 0.05) is 6.81 Å². The third-order valence-electron chi connectivity index (χ3n) is 2.75. The van der Waals surface area contributed by atoms with E-state index in [2.05, 4.69) is 37.0 Å². The van der Waals surface area contributed by atoms with Crippen LogP contribution >= 0.6 is 0 Å². The number of hydrogen-bond donors (Lipinski definition) is 1. The Morgan fingerprint density at radius 1 is 1.46 bits per heavy atom. The minimum Gasteiger partial charge on any atom is -0.278 e. The van der Waals surface area contributed by atoms with E-state index in [1.807, 2.05) is 6.20 Å². The van der Waals surface area contributed by atoms with Gasteiger partial charge in [-0.1, -0.05) is 6.92 Å². The van der Waals surface area contributed by atoms with Crippen LogP contribution in [0.3, 0.4) is 0 Å². The number of benzene rings is 1. The van der Waals surface area contributed by atoms with Gasteiger partial charge in [0.2, 0.25) is 0 Å². The molecule has 2 heteroatoms. The molecule has 0 radical (unpaired) electrons. The third-order valence-corrected chi connectivity index (χ3v) is 2.75. The van der Waals surface area contributed by atoms with Crippen LogP contribution in [0.5, 0.6) is 0 Å². The highest BCUT2D eigenvalue weighted by Gasteiger charge is 2.06. The zero-order valence-corrected chi connectivity index (χ0v) is 8.31. The van der Waals surface area contributed by atoms with Crippen LogP contribution in [0.15, 0.2) is 12.3 Å². The van der Waals surface area contributed by atoms with Crippen LogP contribution in [0.2, 0.25) is 0 Å². The molecule has 0 amide bonds.